The molecule has 3 fully saturated rings. The zero-order chi connectivity index (χ0) is 24.9. The molecule has 7 nitrogen and oxygen atoms in total. The third kappa shape index (κ3) is 5.31. The molecule has 2 atom stereocenters. The molecule has 1 aromatic heterocycles. The Hall–Kier alpha value is -2.41. The molecule has 1 aliphatic heterocycles. The molecule has 0 unspecified atom stereocenters. The van der Waals surface area contributed by atoms with E-state index in [2.05, 4.69) is 29.8 Å². The van der Waals surface area contributed by atoms with Crippen molar-refractivity contribution < 1.29 is 9.59 Å². The molecule has 2 aromatic rings. The van der Waals surface area contributed by atoms with E-state index >= 15 is 0 Å². The predicted molar refractivity (Wildman–Crippen MR) is 143 cm³/mol. The monoisotopic (exact) mass is 513 g/mol. The Kier molecular flexibility index (Phi) is 7.79. The lowest BCUT2D eigenvalue weighted by molar-refractivity contribution is -0.128. The van der Waals surface area contributed by atoms with Gasteiger partial charge in [0, 0.05) is 37.7 Å². The normalized spacial score (nSPS) is 25.4. The lowest BCUT2D eigenvalue weighted by Crippen LogP contribution is -2.31. The molecule has 0 spiro atoms. The summed E-state index contributed by atoms with van der Waals surface area (Å²) in [5.41, 5.74) is 3.04. The minimum absolute atomic E-state index is 0. The van der Waals surface area contributed by atoms with E-state index in [9.17, 15) is 9.59 Å². The van der Waals surface area contributed by atoms with E-state index in [-0.39, 0.29) is 36.1 Å². The average Bonchev–Trinajstić information content (AvgIpc) is 3.35. The van der Waals surface area contributed by atoms with E-state index in [0.717, 1.165) is 47.6 Å². The number of carbonyl (C=O) groups is 2. The summed E-state index contributed by atoms with van der Waals surface area (Å²) in [6.07, 6.45) is 5.93. The highest BCUT2D eigenvalue weighted by Crippen LogP contribution is 2.48. The molecule has 2 aliphatic carbocycles. The van der Waals surface area contributed by atoms with Crippen LogP contribution < -0.4 is 5.32 Å². The molecule has 5 rings (SSSR count). The fourth-order valence-electron chi connectivity index (χ4n) is 6.13. The van der Waals surface area contributed by atoms with Crippen molar-refractivity contribution in [1.29, 1.82) is 0 Å². The van der Waals surface area contributed by atoms with E-state index in [1.54, 1.807) is 11.8 Å². The first kappa shape index (κ1) is 26.6. The summed E-state index contributed by atoms with van der Waals surface area (Å²) >= 11 is 0. The summed E-state index contributed by atoms with van der Waals surface area (Å²) in [5.74, 6) is 3.46. The lowest BCUT2D eigenvalue weighted by Gasteiger charge is -2.36. The second-order valence-electron chi connectivity index (χ2n) is 11.6. The van der Waals surface area contributed by atoms with Gasteiger partial charge in [0.2, 0.25) is 11.8 Å². The average molecular weight is 514 g/mol. The number of hydrogen-bond acceptors (Lipinski definition) is 4. The summed E-state index contributed by atoms with van der Waals surface area (Å²) in [7, 11) is 0. The number of likely N-dealkylation sites (tertiary alicyclic amines) is 1. The molecule has 196 valence electrons. The maximum Gasteiger partial charge on any atom is 0.230 e. The molecule has 1 N–H and O–H groups in total. The first-order valence-electron chi connectivity index (χ1n) is 13.3. The van der Waals surface area contributed by atoms with Gasteiger partial charge < -0.3 is 14.8 Å². The zero-order valence-corrected chi connectivity index (χ0v) is 23.0. The lowest BCUT2D eigenvalue weighted by atomic mass is 9.71. The zero-order valence-electron chi connectivity index (χ0n) is 22.2. The first-order chi connectivity index (χ1) is 16.7. The summed E-state index contributed by atoms with van der Waals surface area (Å²) in [6.45, 7) is 11.2. The highest BCUT2D eigenvalue weighted by Gasteiger charge is 2.45. The minimum atomic E-state index is -0.343. The molecule has 2 saturated carbocycles. The third-order valence-corrected chi connectivity index (χ3v) is 8.14. The summed E-state index contributed by atoms with van der Waals surface area (Å²) < 4.78 is 2.36. The van der Waals surface area contributed by atoms with Gasteiger partial charge in [0.05, 0.1) is 11.8 Å². The van der Waals surface area contributed by atoms with Crippen molar-refractivity contribution in [1.82, 2.24) is 19.7 Å². The van der Waals surface area contributed by atoms with Crippen LogP contribution in [0.2, 0.25) is 0 Å². The van der Waals surface area contributed by atoms with Crippen molar-refractivity contribution in [3.05, 3.63) is 41.0 Å². The van der Waals surface area contributed by atoms with E-state index < -0.39 is 0 Å². The molecule has 2 amide bonds. The predicted octanol–water partition coefficient (Wildman–Crippen LogP) is 5.39. The number of hydrogen-bond donors (Lipinski definition) is 1. The van der Waals surface area contributed by atoms with Crippen LogP contribution in [0.15, 0.2) is 18.2 Å². The fraction of sp³-hybridized carbons (Fsp3) is 0.643. The molecule has 3 aliphatic rings. The molecule has 36 heavy (non-hydrogen) atoms. The Morgan fingerprint density at radius 1 is 1.08 bits per heavy atom. The molecule has 0 bridgehead atoms. The van der Waals surface area contributed by atoms with Crippen molar-refractivity contribution in [2.75, 3.05) is 18.4 Å². The van der Waals surface area contributed by atoms with Crippen molar-refractivity contribution in [3.8, 4) is 0 Å². The van der Waals surface area contributed by atoms with Gasteiger partial charge in [-0.15, -0.1) is 22.6 Å². The van der Waals surface area contributed by atoms with Crippen LogP contribution in [0, 0.1) is 31.6 Å². The molecule has 2 heterocycles. The van der Waals surface area contributed by atoms with Gasteiger partial charge in [-0.2, -0.15) is 0 Å². The largest absolute Gasteiger partial charge is 0.341 e. The molecule has 0 radical (unpaired) electrons. The van der Waals surface area contributed by atoms with Gasteiger partial charge >= 0.3 is 0 Å². The number of anilines is 1. The summed E-state index contributed by atoms with van der Waals surface area (Å²) in [6, 6.07) is 6.49. The highest BCUT2D eigenvalue weighted by atomic mass is 35.5. The van der Waals surface area contributed by atoms with Crippen LogP contribution in [0.5, 0.6) is 0 Å². The van der Waals surface area contributed by atoms with Crippen LogP contribution in [0.1, 0.15) is 93.5 Å². The van der Waals surface area contributed by atoms with Crippen LogP contribution in [0.3, 0.4) is 0 Å². The van der Waals surface area contributed by atoms with Crippen LogP contribution in [-0.4, -0.2) is 44.6 Å². The second kappa shape index (κ2) is 10.5. The van der Waals surface area contributed by atoms with Crippen LogP contribution in [0.25, 0.3) is 0 Å². The van der Waals surface area contributed by atoms with Crippen LogP contribution >= 0.6 is 12.4 Å². The Morgan fingerprint density at radius 2 is 1.78 bits per heavy atom. The van der Waals surface area contributed by atoms with Crippen molar-refractivity contribution >= 4 is 29.9 Å². The van der Waals surface area contributed by atoms with E-state index in [1.807, 2.05) is 26.0 Å². The number of carbonyl (C=O) groups excluding carboxylic acids is 2. The van der Waals surface area contributed by atoms with Crippen LogP contribution in [-0.2, 0) is 9.59 Å². The number of nitrogens with one attached hydrogen (secondary N) is 1. The van der Waals surface area contributed by atoms with Crippen molar-refractivity contribution in [3.63, 3.8) is 0 Å². The van der Waals surface area contributed by atoms with E-state index in [0.29, 0.717) is 25.0 Å². The quantitative estimate of drug-likeness (QED) is 0.538. The standard InChI is InChI=1S/C28H39N5O2.ClH/c1-16(2)10-20-12-21(13-20)26-30-31-27(33(26)22-7-8-22)23-14-32(19(5)34)15-24(23)28(35)29-25-9-6-17(3)11-18(25)4;/h6,9,11,16,20-24H,7-8,10,12-15H2,1-5H3,(H,29,35);1H/t20?,21?,23-,24-;/m0./s1. The Labute approximate surface area is 220 Å². The summed E-state index contributed by atoms with van der Waals surface area (Å²) in [5, 5.41) is 12.6. The SMILES string of the molecule is CC(=O)N1C[C@H](C(=O)Nc2ccc(C)cc2C)[C@@H](c2nnc(C3CC(CC(C)C)C3)n2C2CC2)C1.Cl. The molecular formula is C28H40ClN5O2. The van der Waals surface area contributed by atoms with Gasteiger partial charge in [-0.05, 0) is 69.4 Å². The van der Waals surface area contributed by atoms with Gasteiger partial charge in [0.25, 0.3) is 0 Å². The van der Waals surface area contributed by atoms with Crippen molar-refractivity contribution in [2.24, 2.45) is 17.8 Å². The molecule has 1 saturated heterocycles. The minimum Gasteiger partial charge on any atom is -0.341 e. The van der Waals surface area contributed by atoms with Gasteiger partial charge in [0.15, 0.2) is 0 Å². The highest BCUT2D eigenvalue weighted by molar-refractivity contribution is 5.94. The maximum absolute atomic E-state index is 13.5. The molecule has 8 heteroatoms. The smallest absolute Gasteiger partial charge is 0.230 e. The van der Waals surface area contributed by atoms with E-state index in [1.165, 1.54) is 24.8 Å². The van der Waals surface area contributed by atoms with E-state index in [4.69, 9.17) is 10.2 Å². The van der Waals surface area contributed by atoms with Crippen LogP contribution in [0.4, 0.5) is 5.69 Å². The second-order valence-corrected chi connectivity index (χ2v) is 11.6. The van der Waals surface area contributed by atoms with Gasteiger partial charge in [-0.1, -0.05) is 31.5 Å². The van der Waals surface area contributed by atoms with Gasteiger partial charge in [-0.3, -0.25) is 9.59 Å². The molecule has 1 aromatic carbocycles. The number of rotatable bonds is 7. The maximum atomic E-state index is 13.5. The Morgan fingerprint density at radius 3 is 2.39 bits per heavy atom. The first-order valence-corrected chi connectivity index (χ1v) is 13.3. The number of aryl methyl sites for hydroxylation is 2. The Balaban J connectivity index is 0.00000304. The topological polar surface area (TPSA) is 80.1 Å². The number of nitrogens with zero attached hydrogens (tertiary/aromatic N) is 4. The number of halogens is 1. The molecular weight excluding hydrogens is 474 g/mol. The number of amides is 2. The number of aromatic nitrogens is 3. The third-order valence-electron chi connectivity index (χ3n) is 8.14. The summed E-state index contributed by atoms with van der Waals surface area (Å²) in [4.78, 5) is 27.7. The Bertz CT molecular complexity index is 1120. The number of benzene rings is 1. The van der Waals surface area contributed by atoms with Gasteiger partial charge in [-0.25, -0.2) is 0 Å². The van der Waals surface area contributed by atoms with Crippen molar-refractivity contribution in [2.45, 2.75) is 84.6 Å². The van der Waals surface area contributed by atoms with Gasteiger partial charge in [0.1, 0.15) is 11.6 Å². The fourth-order valence-corrected chi connectivity index (χ4v) is 6.13.